The maximum absolute atomic E-state index is 10.9. The molecular weight excluding hydrogens is 260 g/mol. The smallest absolute Gasteiger partial charge is 0.352 e. The monoisotopic (exact) mass is 276 g/mol. The van der Waals surface area contributed by atoms with Crippen LogP contribution in [0.15, 0.2) is 18.5 Å². The number of carboxylic acids is 1. The molecule has 7 nitrogen and oxygen atoms in total. The first-order valence-corrected chi connectivity index (χ1v) is 6.15. The number of aliphatic hydroxyl groups is 1. The van der Waals surface area contributed by atoms with Gasteiger partial charge < -0.3 is 20.5 Å². The van der Waals surface area contributed by atoms with Crippen molar-refractivity contribution in [2.45, 2.75) is 20.0 Å². The van der Waals surface area contributed by atoms with Crippen LogP contribution in [-0.2, 0) is 0 Å². The molecule has 2 rings (SSSR count). The van der Waals surface area contributed by atoms with E-state index in [-0.39, 0.29) is 5.69 Å². The molecule has 0 radical (unpaired) electrons. The summed E-state index contributed by atoms with van der Waals surface area (Å²) in [6, 6.07) is 1.52. The van der Waals surface area contributed by atoms with E-state index in [0.29, 0.717) is 23.8 Å². The Morgan fingerprint density at radius 1 is 1.55 bits per heavy atom. The summed E-state index contributed by atoms with van der Waals surface area (Å²) in [6.07, 6.45) is 2.74. The SMILES string of the molecule is Cc1cnc(NC[C@H](C)O)nc1-c1c[nH]c(C(=O)O)c1. The molecular formula is C13H16N4O3. The number of aryl methyl sites for hydroxylation is 1. The molecule has 2 heterocycles. The second-order valence-corrected chi connectivity index (χ2v) is 4.56. The fourth-order valence-corrected chi connectivity index (χ4v) is 1.71. The Balaban J connectivity index is 2.29. The number of rotatable bonds is 5. The van der Waals surface area contributed by atoms with Crippen LogP contribution in [0.1, 0.15) is 23.0 Å². The topological polar surface area (TPSA) is 111 Å². The van der Waals surface area contributed by atoms with Crippen molar-refractivity contribution in [1.29, 1.82) is 0 Å². The van der Waals surface area contributed by atoms with E-state index in [1.165, 1.54) is 6.07 Å². The minimum Gasteiger partial charge on any atom is -0.477 e. The number of aromatic carboxylic acids is 1. The Labute approximate surface area is 115 Å². The molecule has 0 bridgehead atoms. The number of aliphatic hydroxyl groups excluding tert-OH is 1. The van der Waals surface area contributed by atoms with Crippen LogP contribution < -0.4 is 5.32 Å². The van der Waals surface area contributed by atoms with E-state index in [4.69, 9.17) is 5.11 Å². The van der Waals surface area contributed by atoms with Gasteiger partial charge in [0.05, 0.1) is 11.8 Å². The summed E-state index contributed by atoms with van der Waals surface area (Å²) in [7, 11) is 0. The van der Waals surface area contributed by atoms with Gasteiger partial charge in [-0.2, -0.15) is 0 Å². The minimum atomic E-state index is -1.02. The zero-order valence-electron chi connectivity index (χ0n) is 11.2. The van der Waals surface area contributed by atoms with E-state index in [0.717, 1.165) is 5.56 Å². The van der Waals surface area contributed by atoms with Gasteiger partial charge in [-0.25, -0.2) is 14.8 Å². The summed E-state index contributed by atoms with van der Waals surface area (Å²) in [5.74, 6) is -0.625. The van der Waals surface area contributed by atoms with Crippen molar-refractivity contribution in [1.82, 2.24) is 15.0 Å². The van der Waals surface area contributed by atoms with E-state index < -0.39 is 12.1 Å². The number of anilines is 1. The van der Waals surface area contributed by atoms with E-state index in [2.05, 4.69) is 20.3 Å². The Kier molecular flexibility index (Phi) is 3.99. The molecule has 0 unspecified atom stereocenters. The molecule has 0 fully saturated rings. The number of aromatic amines is 1. The van der Waals surface area contributed by atoms with Gasteiger partial charge in [-0.1, -0.05) is 0 Å². The van der Waals surface area contributed by atoms with Crippen molar-refractivity contribution >= 4 is 11.9 Å². The lowest BCUT2D eigenvalue weighted by atomic mass is 10.1. The molecule has 2 aromatic heterocycles. The first-order chi connectivity index (χ1) is 9.47. The molecule has 0 saturated carbocycles. The lowest BCUT2D eigenvalue weighted by Gasteiger charge is -2.09. The van der Waals surface area contributed by atoms with Gasteiger partial charge in [-0.15, -0.1) is 0 Å². The minimum absolute atomic E-state index is 0.108. The first kappa shape index (κ1) is 14.0. The normalized spacial score (nSPS) is 12.2. The number of carbonyl (C=O) groups is 1. The van der Waals surface area contributed by atoms with Gasteiger partial charge in [-0.3, -0.25) is 0 Å². The van der Waals surface area contributed by atoms with Gasteiger partial charge in [0.2, 0.25) is 5.95 Å². The molecule has 7 heteroatoms. The van der Waals surface area contributed by atoms with Gasteiger partial charge in [0.1, 0.15) is 5.69 Å². The van der Waals surface area contributed by atoms with Crippen molar-refractivity contribution in [3.63, 3.8) is 0 Å². The lowest BCUT2D eigenvalue weighted by molar-refractivity contribution is 0.0691. The van der Waals surface area contributed by atoms with Crippen molar-refractivity contribution in [3.8, 4) is 11.3 Å². The van der Waals surface area contributed by atoms with Crippen molar-refractivity contribution < 1.29 is 15.0 Å². The summed E-state index contributed by atoms with van der Waals surface area (Å²) in [4.78, 5) is 22.0. The Hall–Kier alpha value is -2.41. The van der Waals surface area contributed by atoms with Crippen LogP contribution in [0.5, 0.6) is 0 Å². The van der Waals surface area contributed by atoms with Crippen molar-refractivity contribution in [3.05, 3.63) is 29.7 Å². The standard InChI is InChI=1S/C13H16N4O3/c1-7-4-15-13(16-5-8(2)18)17-11(7)9-3-10(12(19)20)14-6-9/h3-4,6,8,14,18H,5H2,1-2H3,(H,19,20)(H,15,16,17)/t8-/m0/s1. The third kappa shape index (κ3) is 3.12. The number of hydrogen-bond acceptors (Lipinski definition) is 5. The summed E-state index contributed by atoms with van der Waals surface area (Å²) in [5.41, 5.74) is 2.28. The lowest BCUT2D eigenvalue weighted by Crippen LogP contribution is -2.17. The second kappa shape index (κ2) is 5.70. The highest BCUT2D eigenvalue weighted by Gasteiger charge is 2.12. The summed E-state index contributed by atoms with van der Waals surface area (Å²) in [6.45, 7) is 3.85. The van der Waals surface area contributed by atoms with Crippen LogP contribution in [0.2, 0.25) is 0 Å². The third-order valence-electron chi connectivity index (χ3n) is 2.71. The average Bonchev–Trinajstić information content (AvgIpc) is 2.87. The van der Waals surface area contributed by atoms with E-state index in [1.807, 2.05) is 6.92 Å². The number of nitrogens with zero attached hydrogens (tertiary/aromatic N) is 2. The van der Waals surface area contributed by atoms with Crippen molar-refractivity contribution in [2.24, 2.45) is 0 Å². The highest BCUT2D eigenvalue weighted by Crippen LogP contribution is 2.22. The number of carboxylic acid groups (broad SMARTS) is 1. The van der Waals surface area contributed by atoms with Gasteiger partial charge in [0.25, 0.3) is 0 Å². The van der Waals surface area contributed by atoms with Gasteiger partial charge in [0.15, 0.2) is 0 Å². The third-order valence-corrected chi connectivity index (χ3v) is 2.71. The zero-order chi connectivity index (χ0) is 14.7. The van der Waals surface area contributed by atoms with Gasteiger partial charge in [-0.05, 0) is 25.5 Å². The predicted octanol–water partition coefficient (Wildman–Crippen LogP) is 1.27. The molecule has 0 spiro atoms. The highest BCUT2D eigenvalue weighted by molar-refractivity contribution is 5.87. The van der Waals surface area contributed by atoms with Crippen LogP contribution in [-0.4, -0.2) is 43.8 Å². The Morgan fingerprint density at radius 2 is 2.30 bits per heavy atom. The zero-order valence-corrected chi connectivity index (χ0v) is 11.2. The molecule has 1 atom stereocenters. The number of H-pyrrole nitrogens is 1. The van der Waals surface area contributed by atoms with Crippen molar-refractivity contribution in [2.75, 3.05) is 11.9 Å². The molecule has 0 saturated heterocycles. The molecule has 0 aromatic carbocycles. The summed E-state index contributed by atoms with van der Waals surface area (Å²) >= 11 is 0. The molecule has 0 amide bonds. The number of nitrogens with one attached hydrogen (secondary N) is 2. The van der Waals surface area contributed by atoms with E-state index in [9.17, 15) is 9.90 Å². The molecule has 0 aliphatic rings. The summed E-state index contributed by atoms with van der Waals surface area (Å²) in [5, 5.41) is 21.1. The maximum Gasteiger partial charge on any atom is 0.352 e. The number of aromatic nitrogens is 3. The molecule has 4 N–H and O–H groups in total. The fourth-order valence-electron chi connectivity index (χ4n) is 1.71. The first-order valence-electron chi connectivity index (χ1n) is 6.15. The largest absolute Gasteiger partial charge is 0.477 e. The number of hydrogen-bond donors (Lipinski definition) is 4. The van der Waals surface area contributed by atoms with Crippen LogP contribution in [0.4, 0.5) is 5.95 Å². The van der Waals surface area contributed by atoms with Gasteiger partial charge in [0, 0.05) is 24.5 Å². The maximum atomic E-state index is 10.9. The Morgan fingerprint density at radius 3 is 2.90 bits per heavy atom. The van der Waals surface area contributed by atoms with Crippen LogP contribution in [0.3, 0.4) is 0 Å². The van der Waals surface area contributed by atoms with Crippen LogP contribution in [0.25, 0.3) is 11.3 Å². The molecule has 0 aliphatic carbocycles. The average molecular weight is 276 g/mol. The van der Waals surface area contributed by atoms with E-state index in [1.54, 1.807) is 19.3 Å². The quantitative estimate of drug-likeness (QED) is 0.654. The van der Waals surface area contributed by atoms with Crippen LogP contribution in [0, 0.1) is 6.92 Å². The molecule has 2 aromatic rings. The highest BCUT2D eigenvalue weighted by atomic mass is 16.4. The molecule has 106 valence electrons. The fraction of sp³-hybridized carbons (Fsp3) is 0.308. The second-order valence-electron chi connectivity index (χ2n) is 4.56. The van der Waals surface area contributed by atoms with E-state index >= 15 is 0 Å². The van der Waals surface area contributed by atoms with Crippen LogP contribution >= 0.6 is 0 Å². The molecule has 20 heavy (non-hydrogen) atoms. The molecule has 0 aliphatic heterocycles. The predicted molar refractivity (Wildman–Crippen MR) is 73.7 cm³/mol. The summed E-state index contributed by atoms with van der Waals surface area (Å²) < 4.78 is 0. The van der Waals surface area contributed by atoms with Gasteiger partial charge >= 0.3 is 5.97 Å². The Bertz CT molecular complexity index is 622.